The van der Waals surface area contributed by atoms with E-state index in [1.54, 1.807) is 42.6 Å². The van der Waals surface area contributed by atoms with Gasteiger partial charge in [0, 0.05) is 27.5 Å². The summed E-state index contributed by atoms with van der Waals surface area (Å²) in [6, 6.07) is 22.0. The number of aryl methyl sites for hydroxylation is 4. The molecule has 1 heterocycles. The summed E-state index contributed by atoms with van der Waals surface area (Å²) in [6.45, 7) is 9.69. The fourth-order valence-electron chi connectivity index (χ4n) is 4.42. The summed E-state index contributed by atoms with van der Waals surface area (Å²) in [5.41, 5.74) is 10.3. The summed E-state index contributed by atoms with van der Waals surface area (Å²) >= 11 is 1.53. The first-order chi connectivity index (χ1) is 19.0. The molecule has 0 fully saturated rings. The Morgan fingerprint density at radius 2 is 1.60 bits per heavy atom. The van der Waals surface area contributed by atoms with Crippen LogP contribution in [0.25, 0.3) is 5.69 Å². The molecule has 0 atom stereocenters. The van der Waals surface area contributed by atoms with Crippen LogP contribution in [-0.4, -0.2) is 37.9 Å². The maximum atomic E-state index is 13.6. The second kappa shape index (κ2) is 12.1. The highest BCUT2D eigenvalue weighted by Gasteiger charge is 2.27. The van der Waals surface area contributed by atoms with Gasteiger partial charge in [0.05, 0.1) is 16.8 Å². The molecule has 1 N–H and O–H groups in total. The van der Waals surface area contributed by atoms with Crippen molar-refractivity contribution in [3.63, 3.8) is 0 Å². The largest absolute Gasteiger partial charge is 0.318 e. The number of hydrogen-bond donors (Lipinski definition) is 1. The zero-order chi connectivity index (χ0) is 29.0. The Morgan fingerprint density at radius 3 is 2.23 bits per heavy atom. The van der Waals surface area contributed by atoms with Gasteiger partial charge in [-0.3, -0.25) is 9.10 Å². The number of amides is 1. The van der Waals surface area contributed by atoms with Gasteiger partial charge in [0.25, 0.3) is 15.9 Å². The van der Waals surface area contributed by atoms with Crippen molar-refractivity contribution in [1.29, 1.82) is 0 Å². The third kappa shape index (κ3) is 6.32. The molecule has 0 aliphatic rings. The van der Waals surface area contributed by atoms with Crippen molar-refractivity contribution in [2.24, 2.45) is 5.10 Å². The van der Waals surface area contributed by atoms with Crippen molar-refractivity contribution >= 4 is 39.6 Å². The Bertz CT molecular complexity index is 1660. The van der Waals surface area contributed by atoms with Crippen LogP contribution in [0.15, 0.2) is 87.7 Å². The lowest BCUT2D eigenvalue weighted by molar-refractivity contribution is -0.119. The quantitative estimate of drug-likeness (QED) is 0.149. The number of hydrazone groups is 1. The molecule has 0 radical (unpaired) electrons. The second-order valence-electron chi connectivity index (χ2n) is 9.75. The molecule has 0 aliphatic carbocycles. The molecular weight excluding hydrogens is 541 g/mol. The SMILES string of the molecule is CSc1ccc(S(=O)(=O)N(CC(=O)N/N=C/c2cc(C)n(-c3ccc(C)c(C)c3)c2C)c2ccc(C)cc2)cc1. The van der Waals surface area contributed by atoms with Crippen molar-refractivity contribution in [2.75, 3.05) is 17.1 Å². The standard InChI is InChI=1S/C31H34N4O3S2/c1-21-7-10-27(11-8-21)34(40(37,38)30-15-13-29(39-6)14-16-30)20-31(36)33-32-19-26-18-24(4)35(25(26)5)28-12-9-22(2)23(3)17-28/h7-19H,20H2,1-6H3,(H,33,36)/b32-19+. The van der Waals surface area contributed by atoms with E-state index in [1.807, 2.05) is 45.2 Å². The number of hydrogen-bond acceptors (Lipinski definition) is 5. The van der Waals surface area contributed by atoms with Crippen molar-refractivity contribution in [1.82, 2.24) is 9.99 Å². The molecule has 0 unspecified atom stereocenters. The van der Waals surface area contributed by atoms with Gasteiger partial charge in [-0.25, -0.2) is 13.8 Å². The Morgan fingerprint density at radius 1 is 0.925 bits per heavy atom. The Hall–Kier alpha value is -3.82. The van der Waals surface area contributed by atoms with Crippen LogP contribution in [0.1, 0.15) is 33.6 Å². The highest BCUT2D eigenvalue weighted by Crippen LogP contribution is 2.26. The van der Waals surface area contributed by atoms with Gasteiger partial charge in [0.1, 0.15) is 6.54 Å². The van der Waals surface area contributed by atoms with E-state index in [1.165, 1.54) is 22.9 Å². The zero-order valence-electron chi connectivity index (χ0n) is 23.6. The summed E-state index contributed by atoms with van der Waals surface area (Å²) in [7, 11) is -4.00. The van der Waals surface area contributed by atoms with Crippen molar-refractivity contribution in [3.05, 3.63) is 106 Å². The topological polar surface area (TPSA) is 83.8 Å². The molecule has 40 heavy (non-hydrogen) atoms. The second-order valence-corrected chi connectivity index (χ2v) is 12.5. The molecule has 9 heteroatoms. The fourth-order valence-corrected chi connectivity index (χ4v) is 6.25. The number of rotatable bonds is 9. The molecule has 208 valence electrons. The Balaban J connectivity index is 1.55. The smallest absolute Gasteiger partial charge is 0.264 e. The van der Waals surface area contributed by atoms with Crippen LogP contribution in [0.2, 0.25) is 0 Å². The number of anilines is 1. The van der Waals surface area contributed by atoms with Crippen LogP contribution in [0.3, 0.4) is 0 Å². The summed E-state index contributed by atoms with van der Waals surface area (Å²) < 4.78 is 30.5. The number of thioether (sulfide) groups is 1. The maximum absolute atomic E-state index is 13.6. The van der Waals surface area contributed by atoms with Gasteiger partial charge < -0.3 is 4.57 Å². The average Bonchev–Trinajstić information content (AvgIpc) is 3.22. The molecule has 0 saturated carbocycles. The lowest BCUT2D eigenvalue weighted by atomic mass is 10.1. The van der Waals surface area contributed by atoms with Crippen LogP contribution in [0.5, 0.6) is 0 Å². The molecule has 0 aliphatic heterocycles. The molecule has 3 aromatic carbocycles. The van der Waals surface area contributed by atoms with Gasteiger partial charge in [-0.1, -0.05) is 23.8 Å². The molecule has 1 aromatic heterocycles. The minimum Gasteiger partial charge on any atom is -0.318 e. The fraction of sp³-hybridized carbons (Fsp3) is 0.226. The highest BCUT2D eigenvalue weighted by atomic mass is 32.2. The maximum Gasteiger partial charge on any atom is 0.264 e. The number of nitrogens with zero attached hydrogens (tertiary/aromatic N) is 3. The third-order valence-electron chi connectivity index (χ3n) is 6.87. The number of carbonyl (C=O) groups is 1. The predicted molar refractivity (Wildman–Crippen MR) is 164 cm³/mol. The number of sulfonamides is 1. The van der Waals surface area contributed by atoms with Crippen LogP contribution in [0, 0.1) is 34.6 Å². The molecule has 0 bridgehead atoms. The van der Waals surface area contributed by atoms with Gasteiger partial charge in [0.15, 0.2) is 0 Å². The molecule has 1 amide bonds. The molecule has 4 aromatic rings. The highest BCUT2D eigenvalue weighted by molar-refractivity contribution is 7.98. The van der Waals surface area contributed by atoms with Crippen LogP contribution < -0.4 is 9.73 Å². The minimum atomic E-state index is -4.00. The number of benzene rings is 3. The molecular formula is C31H34N4O3S2. The molecule has 0 saturated heterocycles. The van der Waals surface area contributed by atoms with Crippen LogP contribution in [0.4, 0.5) is 5.69 Å². The van der Waals surface area contributed by atoms with E-state index in [-0.39, 0.29) is 4.90 Å². The monoisotopic (exact) mass is 574 g/mol. The number of carbonyl (C=O) groups excluding carboxylic acids is 1. The normalized spacial score (nSPS) is 11.7. The number of nitrogens with one attached hydrogen (secondary N) is 1. The Kier molecular flexibility index (Phi) is 8.85. The van der Waals surface area contributed by atoms with Crippen molar-refractivity contribution in [2.45, 2.75) is 44.4 Å². The lowest BCUT2D eigenvalue weighted by Crippen LogP contribution is -2.39. The van der Waals surface area contributed by atoms with E-state index in [4.69, 9.17) is 0 Å². The van der Waals surface area contributed by atoms with Gasteiger partial charge in [-0.05, 0) is 107 Å². The summed E-state index contributed by atoms with van der Waals surface area (Å²) in [4.78, 5) is 14.0. The minimum absolute atomic E-state index is 0.112. The first kappa shape index (κ1) is 29.2. The van der Waals surface area contributed by atoms with E-state index >= 15 is 0 Å². The third-order valence-corrected chi connectivity index (χ3v) is 9.40. The predicted octanol–water partition coefficient (Wildman–Crippen LogP) is 6.09. The lowest BCUT2D eigenvalue weighted by Gasteiger charge is -2.24. The number of aromatic nitrogens is 1. The summed E-state index contributed by atoms with van der Waals surface area (Å²) in [5.74, 6) is -0.552. The first-order valence-corrected chi connectivity index (χ1v) is 15.5. The Labute approximate surface area is 241 Å². The van der Waals surface area contributed by atoms with E-state index in [0.717, 1.165) is 37.4 Å². The molecule has 4 rings (SSSR count). The van der Waals surface area contributed by atoms with Crippen LogP contribution in [-0.2, 0) is 14.8 Å². The van der Waals surface area contributed by atoms with Crippen LogP contribution >= 0.6 is 11.8 Å². The summed E-state index contributed by atoms with van der Waals surface area (Å²) in [6.07, 6.45) is 3.51. The van der Waals surface area contributed by atoms with Gasteiger partial charge in [-0.15, -0.1) is 11.8 Å². The van der Waals surface area contributed by atoms with Gasteiger partial charge in [-0.2, -0.15) is 5.10 Å². The molecule has 0 spiro atoms. The van der Waals surface area contributed by atoms with E-state index < -0.39 is 22.5 Å². The van der Waals surface area contributed by atoms with E-state index in [0.29, 0.717) is 5.69 Å². The van der Waals surface area contributed by atoms with Gasteiger partial charge >= 0.3 is 0 Å². The van der Waals surface area contributed by atoms with Crippen molar-refractivity contribution in [3.8, 4) is 5.69 Å². The first-order valence-electron chi connectivity index (χ1n) is 12.8. The van der Waals surface area contributed by atoms with E-state index in [2.05, 4.69) is 47.1 Å². The average molecular weight is 575 g/mol. The van der Waals surface area contributed by atoms with E-state index in [9.17, 15) is 13.2 Å². The van der Waals surface area contributed by atoms with Gasteiger partial charge in [0.2, 0.25) is 0 Å². The van der Waals surface area contributed by atoms with Crippen molar-refractivity contribution < 1.29 is 13.2 Å². The molecule has 7 nitrogen and oxygen atoms in total. The summed E-state index contributed by atoms with van der Waals surface area (Å²) in [5, 5.41) is 4.16. The zero-order valence-corrected chi connectivity index (χ0v) is 25.2.